The highest BCUT2D eigenvalue weighted by Crippen LogP contribution is 2.35. The lowest BCUT2D eigenvalue weighted by molar-refractivity contribution is -0.404. The Hall–Kier alpha value is -1.27. The van der Waals surface area contributed by atoms with Crippen LogP contribution in [0.25, 0.3) is 0 Å². The van der Waals surface area contributed by atoms with E-state index in [4.69, 9.17) is 0 Å². The smallest absolute Gasteiger partial charge is 0.383 e. The first-order chi connectivity index (χ1) is 6.41. The van der Waals surface area contributed by atoms with Crippen molar-refractivity contribution in [3.8, 4) is 0 Å². The summed E-state index contributed by atoms with van der Waals surface area (Å²) >= 11 is 0. The van der Waals surface area contributed by atoms with Crippen molar-refractivity contribution in [2.75, 3.05) is 6.54 Å². The zero-order chi connectivity index (χ0) is 10.8. The maximum absolute atomic E-state index is 12.3. The number of halogens is 3. The van der Waals surface area contributed by atoms with E-state index in [-0.39, 0.29) is 12.1 Å². The molecular formula is C7H9F3N2O2. The van der Waals surface area contributed by atoms with Gasteiger partial charge in [-0.25, -0.2) is 0 Å². The quantitative estimate of drug-likeness (QED) is 0.529. The number of nitrogens with zero attached hydrogens (tertiary/aromatic N) is 1. The molecule has 0 aromatic rings. The summed E-state index contributed by atoms with van der Waals surface area (Å²) in [6.45, 7) is 0.353. The van der Waals surface area contributed by atoms with Crippen molar-refractivity contribution in [1.82, 2.24) is 5.32 Å². The SMILES string of the molecule is O=[N+]([O-])C=C1NCCCC1C(F)(F)F. The van der Waals surface area contributed by atoms with Gasteiger partial charge in [-0.05, 0) is 12.8 Å². The molecule has 1 aliphatic rings. The molecule has 1 rings (SSSR count). The van der Waals surface area contributed by atoms with Crippen LogP contribution in [0.1, 0.15) is 12.8 Å². The third kappa shape index (κ3) is 2.61. The second-order valence-electron chi connectivity index (χ2n) is 3.03. The van der Waals surface area contributed by atoms with E-state index in [1.165, 1.54) is 0 Å². The minimum absolute atomic E-state index is 0.0871. The van der Waals surface area contributed by atoms with Crippen molar-refractivity contribution in [2.24, 2.45) is 5.92 Å². The number of piperidine rings is 1. The number of alkyl halides is 3. The molecule has 0 aromatic carbocycles. The highest BCUT2D eigenvalue weighted by molar-refractivity contribution is 5.06. The van der Waals surface area contributed by atoms with Crippen LogP contribution in [0, 0.1) is 16.0 Å². The van der Waals surface area contributed by atoms with E-state index in [9.17, 15) is 23.3 Å². The Balaban J connectivity index is 2.84. The maximum atomic E-state index is 12.3. The molecule has 14 heavy (non-hydrogen) atoms. The predicted octanol–water partition coefficient (Wildman–Crippen LogP) is 1.67. The highest BCUT2D eigenvalue weighted by Gasteiger charge is 2.44. The minimum Gasteiger partial charge on any atom is -0.383 e. The second kappa shape index (κ2) is 3.85. The Morgan fingerprint density at radius 1 is 1.57 bits per heavy atom. The fraction of sp³-hybridized carbons (Fsp3) is 0.714. The summed E-state index contributed by atoms with van der Waals surface area (Å²) in [4.78, 5) is 9.19. The Bertz CT molecular complexity index is 262. The van der Waals surface area contributed by atoms with E-state index >= 15 is 0 Å². The zero-order valence-corrected chi connectivity index (χ0v) is 7.17. The van der Waals surface area contributed by atoms with Gasteiger partial charge in [0.25, 0.3) is 6.20 Å². The van der Waals surface area contributed by atoms with Gasteiger partial charge in [0, 0.05) is 6.54 Å². The number of nitrogens with one attached hydrogen (secondary N) is 1. The van der Waals surface area contributed by atoms with Crippen molar-refractivity contribution in [2.45, 2.75) is 19.0 Å². The monoisotopic (exact) mass is 210 g/mol. The Morgan fingerprint density at radius 2 is 2.21 bits per heavy atom. The van der Waals surface area contributed by atoms with Crippen LogP contribution in [0.2, 0.25) is 0 Å². The molecule has 1 aliphatic heterocycles. The van der Waals surface area contributed by atoms with Crippen molar-refractivity contribution >= 4 is 0 Å². The Morgan fingerprint density at radius 3 is 2.71 bits per heavy atom. The number of rotatable bonds is 1. The van der Waals surface area contributed by atoms with Crippen LogP contribution in [0.3, 0.4) is 0 Å². The van der Waals surface area contributed by atoms with E-state index in [1.54, 1.807) is 0 Å². The first-order valence-electron chi connectivity index (χ1n) is 4.07. The van der Waals surface area contributed by atoms with Crippen LogP contribution in [0.4, 0.5) is 13.2 Å². The molecule has 7 heteroatoms. The van der Waals surface area contributed by atoms with Crippen LogP contribution in [-0.4, -0.2) is 17.6 Å². The average molecular weight is 210 g/mol. The van der Waals surface area contributed by atoms with Gasteiger partial charge in [-0.3, -0.25) is 10.1 Å². The molecule has 0 aromatic heterocycles. The molecule has 0 saturated carbocycles. The fourth-order valence-corrected chi connectivity index (χ4v) is 1.41. The first kappa shape index (κ1) is 10.8. The van der Waals surface area contributed by atoms with Gasteiger partial charge in [0.1, 0.15) is 5.92 Å². The van der Waals surface area contributed by atoms with Gasteiger partial charge in [-0.1, -0.05) is 0 Å². The molecule has 1 N–H and O–H groups in total. The summed E-state index contributed by atoms with van der Waals surface area (Å²) < 4.78 is 37.0. The van der Waals surface area contributed by atoms with Crippen LogP contribution >= 0.6 is 0 Å². The maximum Gasteiger partial charge on any atom is 0.397 e. The van der Waals surface area contributed by atoms with Gasteiger partial charge in [-0.2, -0.15) is 13.2 Å². The van der Waals surface area contributed by atoms with E-state index in [2.05, 4.69) is 5.32 Å². The average Bonchev–Trinajstić information content (AvgIpc) is 2.01. The molecule has 1 atom stereocenters. The largest absolute Gasteiger partial charge is 0.397 e. The molecule has 80 valence electrons. The number of hydrogen-bond donors (Lipinski definition) is 1. The number of nitro groups is 1. The van der Waals surface area contributed by atoms with E-state index < -0.39 is 17.0 Å². The molecule has 0 amide bonds. The van der Waals surface area contributed by atoms with Crippen molar-refractivity contribution in [3.05, 3.63) is 22.0 Å². The molecule has 1 unspecified atom stereocenters. The standard InChI is InChI=1S/C7H9F3N2O2/c8-7(9,10)5-2-1-3-11-6(5)4-12(13)14/h4-5,11H,1-3H2. The molecule has 4 nitrogen and oxygen atoms in total. The van der Waals surface area contributed by atoms with Gasteiger partial charge in [-0.15, -0.1) is 0 Å². The number of allylic oxidation sites excluding steroid dienone is 1. The Kier molecular flexibility index (Phi) is 2.97. The van der Waals surface area contributed by atoms with Crippen LogP contribution in [0.5, 0.6) is 0 Å². The van der Waals surface area contributed by atoms with Gasteiger partial charge < -0.3 is 5.32 Å². The topological polar surface area (TPSA) is 55.2 Å². The van der Waals surface area contributed by atoms with E-state index in [1.807, 2.05) is 0 Å². The zero-order valence-electron chi connectivity index (χ0n) is 7.17. The van der Waals surface area contributed by atoms with E-state index in [0.29, 0.717) is 19.2 Å². The molecule has 1 saturated heterocycles. The third-order valence-corrected chi connectivity index (χ3v) is 2.01. The molecular weight excluding hydrogens is 201 g/mol. The third-order valence-electron chi connectivity index (χ3n) is 2.01. The van der Waals surface area contributed by atoms with Crippen LogP contribution < -0.4 is 5.32 Å². The summed E-state index contributed by atoms with van der Waals surface area (Å²) in [5, 5.41) is 12.5. The van der Waals surface area contributed by atoms with E-state index in [0.717, 1.165) is 0 Å². The summed E-state index contributed by atoms with van der Waals surface area (Å²) in [7, 11) is 0. The predicted molar refractivity (Wildman–Crippen MR) is 41.9 cm³/mol. The van der Waals surface area contributed by atoms with Crippen molar-refractivity contribution in [1.29, 1.82) is 0 Å². The van der Waals surface area contributed by atoms with Gasteiger partial charge in [0.05, 0.1) is 10.6 Å². The van der Waals surface area contributed by atoms with Crippen molar-refractivity contribution < 1.29 is 18.1 Å². The van der Waals surface area contributed by atoms with Crippen LogP contribution in [-0.2, 0) is 0 Å². The minimum atomic E-state index is -4.41. The summed E-state index contributed by atoms with van der Waals surface area (Å²) in [5.41, 5.74) is -0.339. The molecule has 1 fully saturated rings. The summed E-state index contributed by atoms with van der Waals surface area (Å²) in [5.74, 6) is -1.72. The molecule has 0 radical (unpaired) electrons. The van der Waals surface area contributed by atoms with Crippen LogP contribution in [0.15, 0.2) is 11.9 Å². The molecule has 0 aliphatic carbocycles. The normalized spacial score (nSPS) is 25.9. The number of hydrogen-bond acceptors (Lipinski definition) is 3. The second-order valence-corrected chi connectivity index (χ2v) is 3.03. The fourth-order valence-electron chi connectivity index (χ4n) is 1.41. The van der Waals surface area contributed by atoms with Gasteiger partial charge in [0.2, 0.25) is 0 Å². The lowest BCUT2D eigenvalue weighted by Gasteiger charge is -2.26. The Labute approximate surface area is 77.9 Å². The van der Waals surface area contributed by atoms with Gasteiger partial charge in [0.15, 0.2) is 0 Å². The first-order valence-corrected chi connectivity index (χ1v) is 4.07. The summed E-state index contributed by atoms with van der Waals surface area (Å²) in [6.07, 6.45) is -3.72. The lowest BCUT2D eigenvalue weighted by Crippen LogP contribution is -2.36. The van der Waals surface area contributed by atoms with Gasteiger partial charge >= 0.3 is 6.18 Å². The molecule has 0 bridgehead atoms. The highest BCUT2D eigenvalue weighted by atomic mass is 19.4. The lowest BCUT2D eigenvalue weighted by atomic mass is 9.95. The molecule has 0 spiro atoms. The van der Waals surface area contributed by atoms with Crippen molar-refractivity contribution in [3.63, 3.8) is 0 Å². The summed E-state index contributed by atoms with van der Waals surface area (Å²) in [6, 6.07) is 0. The molecule has 1 heterocycles.